The predicted octanol–water partition coefficient (Wildman–Crippen LogP) is 2.30. The molecule has 186 valence electrons. The van der Waals surface area contributed by atoms with Gasteiger partial charge in [0, 0.05) is 18.0 Å². The molecule has 0 radical (unpaired) electrons. The first-order valence-electron chi connectivity index (χ1n) is 10.1. The predicted molar refractivity (Wildman–Crippen MR) is 132 cm³/mol. The van der Waals surface area contributed by atoms with Crippen LogP contribution in [0.5, 0.6) is 11.5 Å². The third-order valence-electron chi connectivity index (χ3n) is 4.69. The molecule has 3 aromatic rings. The second-order valence-corrected chi connectivity index (χ2v) is 10.8. The fourth-order valence-electron chi connectivity index (χ4n) is 3.04. The highest BCUT2D eigenvalue weighted by atomic mass is 32.2. The maximum atomic E-state index is 12.7. The molecule has 35 heavy (non-hydrogen) atoms. The van der Waals surface area contributed by atoms with Gasteiger partial charge in [0.2, 0.25) is 15.9 Å². The number of sulfonamides is 2. The Morgan fingerprint density at radius 1 is 0.971 bits per heavy atom. The number of amides is 1. The molecule has 1 amide bonds. The monoisotopic (exact) mass is 520 g/mol. The lowest BCUT2D eigenvalue weighted by atomic mass is 10.2. The van der Waals surface area contributed by atoms with E-state index in [9.17, 15) is 21.6 Å². The summed E-state index contributed by atoms with van der Waals surface area (Å²) < 4.78 is 63.6. The van der Waals surface area contributed by atoms with E-state index in [1.807, 2.05) is 0 Å². The van der Waals surface area contributed by atoms with Crippen LogP contribution in [0.25, 0.3) is 0 Å². The Bertz CT molecular complexity index is 1400. The number of ether oxygens (including phenoxy) is 2. The number of nitrogens with one attached hydrogen (secondary N) is 2. The van der Waals surface area contributed by atoms with E-state index in [-0.39, 0.29) is 27.8 Å². The lowest BCUT2D eigenvalue weighted by Gasteiger charge is -2.24. The molecule has 2 aromatic carbocycles. The van der Waals surface area contributed by atoms with Crippen molar-refractivity contribution in [3.8, 4) is 11.5 Å². The number of hydrogen-bond acceptors (Lipinski definition) is 8. The number of benzene rings is 2. The second kappa shape index (κ2) is 10.6. The van der Waals surface area contributed by atoms with Gasteiger partial charge in [-0.15, -0.1) is 0 Å². The smallest absolute Gasteiger partial charge is 0.263 e. The van der Waals surface area contributed by atoms with Gasteiger partial charge < -0.3 is 14.8 Å². The van der Waals surface area contributed by atoms with Crippen LogP contribution in [0, 0.1) is 0 Å². The molecule has 0 saturated carbocycles. The van der Waals surface area contributed by atoms with Crippen molar-refractivity contribution in [2.75, 3.05) is 41.4 Å². The first kappa shape index (κ1) is 25.8. The van der Waals surface area contributed by atoms with Gasteiger partial charge in [-0.25, -0.2) is 21.8 Å². The molecule has 0 spiro atoms. The lowest BCUT2D eigenvalue weighted by molar-refractivity contribution is -0.114. The van der Waals surface area contributed by atoms with Crippen LogP contribution in [0.1, 0.15) is 0 Å². The van der Waals surface area contributed by atoms with E-state index in [0.717, 1.165) is 10.6 Å². The third-order valence-corrected chi connectivity index (χ3v) is 7.19. The molecule has 1 aromatic heterocycles. The zero-order valence-corrected chi connectivity index (χ0v) is 20.8. The first-order valence-corrected chi connectivity index (χ1v) is 13.4. The van der Waals surface area contributed by atoms with Crippen LogP contribution in [-0.4, -0.2) is 54.7 Å². The minimum atomic E-state index is -3.89. The highest BCUT2D eigenvalue weighted by Crippen LogP contribution is 2.33. The third kappa shape index (κ3) is 6.61. The van der Waals surface area contributed by atoms with Gasteiger partial charge in [-0.05, 0) is 48.5 Å². The summed E-state index contributed by atoms with van der Waals surface area (Å²) in [6, 6.07) is 14.8. The number of pyridine rings is 1. The maximum Gasteiger partial charge on any atom is 0.263 e. The molecule has 0 bridgehead atoms. The standard InChI is InChI=1S/C22H24N4O7S2/c1-32-17-9-12-20(33-2)19(14-17)26(34(3,28)29)15-22(27)24-16-7-10-18(11-8-16)35(30,31)25-21-6-4-5-13-23-21/h4-14H,15H2,1-3H3,(H,23,25)(H,24,27). The Hall–Kier alpha value is -3.84. The molecule has 1 heterocycles. The van der Waals surface area contributed by atoms with Gasteiger partial charge in [-0.1, -0.05) is 6.07 Å². The molecule has 0 saturated heterocycles. The van der Waals surface area contributed by atoms with E-state index in [4.69, 9.17) is 9.47 Å². The van der Waals surface area contributed by atoms with E-state index in [0.29, 0.717) is 5.75 Å². The Morgan fingerprint density at radius 2 is 1.69 bits per heavy atom. The summed E-state index contributed by atoms with van der Waals surface area (Å²) in [4.78, 5) is 16.6. The zero-order valence-electron chi connectivity index (χ0n) is 19.1. The number of rotatable bonds is 10. The summed E-state index contributed by atoms with van der Waals surface area (Å²) in [6.45, 7) is -0.552. The number of hydrogen-bond donors (Lipinski definition) is 2. The summed E-state index contributed by atoms with van der Waals surface area (Å²) in [7, 11) is -4.95. The summed E-state index contributed by atoms with van der Waals surface area (Å²) >= 11 is 0. The minimum Gasteiger partial charge on any atom is -0.497 e. The highest BCUT2D eigenvalue weighted by Gasteiger charge is 2.25. The van der Waals surface area contributed by atoms with Crippen molar-refractivity contribution in [2.24, 2.45) is 0 Å². The van der Waals surface area contributed by atoms with Gasteiger partial charge in [0.15, 0.2) is 0 Å². The summed E-state index contributed by atoms with van der Waals surface area (Å²) in [5, 5.41) is 2.56. The van der Waals surface area contributed by atoms with Crippen LogP contribution in [0.3, 0.4) is 0 Å². The largest absolute Gasteiger partial charge is 0.497 e. The van der Waals surface area contributed by atoms with Crippen molar-refractivity contribution in [2.45, 2.75) is 4.90 Å². The van der Waals surface area contributed by atoms with Crippen LogP contribution in [0.4, 0.5) is 17.2 Å². The van der Waals surface area contributed by atoms with E-state index in [1.165, 1.54) is 62.9 Å². The maximum absolute atomic E-state index is 12.7. The van der Waals surface area contributed by atoms with Crippen LogP contribution < -0.4 is 23.8 Å². The second-order valence-electron chi connectivity index (χ2n) is 7.20. The van der Waals surface area contributed by atoms with Gasteiger partial charge in [0.05, 0.1) is 31.1 Å². The topological polar surface area (TPSA) is 144 Å². The van der Waals surface area contributed by atoms with Crippen LogP contribution in [0.2, 0.25) is 0 Å². The molecule has 0 aliphatic heterocycles. The van der Waals surface area contributed by atoms with Gasteiger partial charge in [-0.3, -0.25) is 13.8 Å². The average Bonchev–Trinajstić information content (AvgIpc) is 2.82. The Morgan fingerprint density at radius 3 is 2.26 bits per heavy atom. The molecule has 0 atom stereocenters. The van der Waals surface area contributed by atoms with Crippen LogP contribution in [0.15, 0.2) is 71.8 Å². The van der Waals surface area contributed by atoms with Crippen molar-refractivity contribution in [1.29, 1.82) is 0 Å². The first-order chi connectivity index (χ1) is 16.5. The van der Waals surface area contributed by atoms with Crippen molar-refractivity contribution >= 4 is 43.1 Å². The molecule has 13 heteroatoms. The van der Waals surface area contributed by atoms with Crippen molar-refractivity contribution in [3.05, 3.63) is 66.9 Å². The number of nitrogens with zero attached hydrogens (tertiary/aromatic N) is 2. The SMILES string of the molecule is COc1ccc(OC)c(N(CC(=O)Nc2ccc(S(=O)(=O)Nc3ccccn3)cc2)S(C)(=O)=O)c1. The molecule has 0 aliphatic carbocycles. The number of carbonyl (C=O) groups is 1. The number of anilines is 3. The number of aromatic nitrogens is 1. The normalized spacial score (nSPS) is 11.4. The van der Waals surface area contributed by atoms with E-state index >= 15 is 0 Å². The Kier molecular flexibility index (Phi) is 7.82. The molecular weight excluding hydrogens is 496 g/mol. The van der Waals surface area contributed by atoms with Gasteiger partial charge in [-0.2, -0.15) is 0 Å². The van der Waals surface area contributed by atoms with Gasteiger partial charge in [0.1, 0.15) is 23.9 Å². The van der Waals surface area contributed by atoms with Gasteiger partial charge >= 0.3 is 0 Å². The van der Waals surface area contributed by atoms with Crippen LogP contribution in [-0.2, 0) is 24.8 Å². The molecule has 11 nitrogen and oxygen atoms in total. The van der Waals surface area contributed by atoms with E-state index < -0.39 is 32.5 Å². The zero-order chi connectivity index (χ0) is 25.6. The Balaban J connectivity index is 1.76. The van der Waals surface area contributed by atoms with Crippen molar-refractivity contribution in [1.82, 2.24) is 4.98 Å². The van der Waals surface area contributed by atoms with Gasteiger partial charge in [0.25, 0.3) is 10.0 Å². The summed E-state index contributed by atoms with van der Waals surface area (Å²) in [6.07, 6.45) is 2.42. The van der Waals surface area contributed by atoms with Crippen molar-refractivity contribution < 1.29 is 31.1 Å². The molecule has 0 unspecified atom stereocenters. The molecule has 0 aliphatic rings. The van der Waals surface area contributed by atoms with E-state index in [1.54, 1.807) is 18.2 Å². The fraction of sp³-hybridized carbons (Fsp3) is 0.182. The minimum absolute atomic E-state index is 0.0416. The number of carbonyl (C=O) groups excluding carboxylic acids is 1. The summed E-state index contributed by atoms with van der Waals surface area (Å²) in [5.41, 5.74) is 0.407. The molecule has 2 N–H and O–H groups in total. The quantitative estimate of drug-likeness (QED) is 0.414. The van der Waals surface area contributed by atoms with Crippen LogP contribution >= 0.6 is 0 Å². The average molecular weight is 521 g/mol. The van der Waals surface area contributed by atoms with E-state index in [2.05, 4.69) is 15.0 Å². The highest BCUT2D eigenvalue weighted by molar-refractivity contribution is 7.92. The Labute approximate surface area is 203 Å². The lowest BCUT2D eigenvalue weighted by Crippen LogP contribution is -2.37. The molecule has 3 rings (SSSR count). The summed E-state index contributed by atoms with van der Waals surface area (Å²) in [5.74, 6) is 0.131. The molecular formula is C22H24N4O7S2. The van der Waals surface area contributed by atoms with Crippen molar-refractivity contribution in [3.63, 3.8) is 0 Å². The molecule has 0 fully saturated rings. The number of methoxy groups -OCH3 is 2. The fourth-order valence-corrected chi connectivity index (χ4v) is 4.90.